The van der Waals surface area contributed by atoms with Gasteiger partial charge in [0.05, 0.1) is 5.02 Å². The fraction of sp³-hybridized carbons (Fsp3) is 0.533. The van der Waals surface area contributed by atoms with Gasteiger partial charge in [0, 0.05) is 11.8 Å². The molecule has 1 saturated heterocycles. The number of nitrogens with one attached hydrogen (secondary N) is 1. The van der Waals surface area contributed by atoms with Gasteiger partial charge in [-0.3, -0.25) is 4.79 Å². The van der Waals surface area contributed by atoms with Crippen LogP contribution in [-0.2, 0) is 11.2 Å². The fourth-order valence-electron chi connectivity index (χ4n) is 2.76. The van der Waals surface area contributed by atoms with Gasteiger partial charge in [-0.2, -0.15) is 0 Å². The van der Waals surface area contributed by atoms with E-state index in [1.807, 2.05) is 0 Å². The summed E-state index contributed by atoms with van der Waals surface area (Å²) in [5.74, 6) is -0.235. The smallest absolute Gasteiger partial charge is 0.143 e. The van der Waals surface area contributed by atoms with E-state index < -0.39 is 5.82 Å². The Bertz CT molecular complexity index is 469. The van der Waals surface area contributed by atoms with E-state index in [0.29, 0.717) is 12.0 Å². The monoisotopic (exact) mass is 283 g/mol. The molecule has 0 atom stereocenters. The predicted octanol–water partition coefficient (Wildman–Crippen LogP) is 3.37. The van der Waals surface area contributed by atoms with E-state index in [9.17, 15) is 9.18 Å². The van der Waals surface area contributed by atoms with Gasteiger partial charge in [0.25, 0.3) is 0 Å². The SMILES string of the molecule is CCC1(C(=O)Cc2ccc(Cl)c(F)c2)CCNCC1. The van der Waals surface area contributed by atoms with Crippen LogP contribution in [0.4, 0.5) is 4.39 Å². The Hall–Kier alpha value is -0.930. The molecule has 1 aliphatic heterocycles. The topological polar surface area (TPSA) is 29.1 Å². The van der Waals surface area contributed by atoms with Gasteiger partial charge >= 0.3 is 0 Å². The third-order valence-corrected chi connectivity index (χ3v) is 4.48. The molecule has 0 aliphatic carbocycles. The number of hydrogen-bond acceptors (Lipinski definition) is 2. The minimum atomic E-state index is -0.456. The van der Waals surface area contributed by atoms with Crippen molar-refractivity contribution in [3.63, 3.8) is 0 Å². The van der Waals surface area contributed by atoms with Crippen LogP contribution >= 0.6 is 11.6 Å². The van der Waals surface area contributed by atoms with Crippen molar-refractivity contribution in [2.75, 3.05) is 13.1 Å². The number of carbonyl (C=O) groups is 1. The quantitative estimate of drug-likeness (QED) is 0.918. The number of carbonyl (C=O) groups excluding carboxylic acids is 1. The molecule has 1 aromatic carbocycles. The van der Waals surface area contributed by atoms with Gasteiger partial charge in [0.2, 0.25) is 0 Å². The van der Waals surface area contributed by atoms with Gasteiger partial charge in [-0.15, -0.1) is 0 Å². The first-order valence-electron chi connectivity index (χ1n) is 6.75. The number of benzene rings is 1. The number of piperidine rings is 1. The van der Waals surface area contributed by atoms with Gasteiger partial charge in [-0.05, 0) is 50.0 Å². The van der Waals surface area contributed by atoms with Gasteiger partial charge in [0.1, 0.15) is 11.6 Å². The number of rotatable bonds is 4. The lowest BCUT2D eigenvalue weighted by Crippen LogP contribution is -2.42. The molecule has 1 fully saturated rings. The van der Waals surface area contributed by atoms with Crippen molar-refractivity contribution >= 4 is 17.4 Å². The van der Waals surface area contributed by atoms with Crippen LogP contribution in [0.3, 0.4) is 0 Å². The standard InChI is InChI=1S/C15H19ClFNO/c1-2-15(5-7-18-8-6-15)14(19)10-11-3-4-12(16)13(17)9-11/h3-4,9,18H,2,5-8,10H2,1H3. The molecule has 19 heavy (non-hydrogen) atoms. The molecule has 104 valence electrons. The third kappa shape index (κ3) is 3.15. The molecular formula is C15H19ClFNO. The van der Waals surface area contributed by atoms with Gasteiger partial charge in [0.15, 0.2) is 0 Å². The summed E-state index contributed by atoms with van der Waals surface area (Å²) in [4.78, 5) is 12.5. The molecule has 2 rings (SSSR count). The molecule has 1 aliphatic rings. The average molecular weight is 284 g/mol. The third-order valence-electron chi connectivity index (χ3n) is 4.18. The zero-order chi connectivity index (χ0) is 13.9. The highest BCUT2D eigenvalue weighted by Crippen LogP contribution is 2.34. The lowest BCUT2D eigenvalue weighted by molar-refractivity contribution is -0.129. The van der Waals surface area contributed by atoms with Crippen molar-refractivity contribution in [1.29, 1.82) is 0 Å². The summed E-state index contributed by atoms with van der Waals surface area (Å²) < 4.78 is 13.4. The summed E-state index contributed by atoms with van der Waals surface area (Å²) in [7, 11) is 0. The first-order chi connectivity index (χ1) is 9.07. The van der Waals surface area contributed by atoms with E-state index in [-0.39, 0.29) is 16.2 Å². The Labute approximate surface area is 118 Å². The van der Waals surface area contributed by atoms with Crippen LogP contribution in [-0.4, -0.2) is 18.9 Å². The second-order valence-corrected chi connectivity index (χ2v) is 5.64. The molecule has 0 saturated carbocycles. The summed E-state index contributed by atoms with van der Waals surface area (Å²) >= 11 is 5.65. The summed E-state index contributed by atoms with van der Waals surface area (Å²) in [6.07, 6.45) is 2.89. The maximum Gasteiger partial charge on any atom is 0.143 e. The van der Waals surface area contributed by atoms with E-state index in [1.165, 1.54) is 12.1 Å². The van der Waals surface area contributed by atoms with Crippen molar-refractivity contribution in [3.05, 3.63) is 34.6 Å². The highest BCUT2D eigenvalue weighted by Gasteiger charge is 2.36. The number of halogens is 2. The molecule has 2 nitrogen and oxygen atoms in total. The molecule has 0 spiro atoms. The van der Waals surface area contributed by atoms with Crippen LogP contribution in [0.15, 0.2) is 18.2 Å². The molecule has 0 unspecified atom stereocenters. The second kappa shape index (κ2) is 6.02. The summed E-state index contributed by atoms with van der Waals surface area (Å²) in [5, 5.41) is 3.38. The Kier molecular flexibility index (Phi) is 4.58. The van der Waals surface area contributed by atoms with Crippen LogP contribution in [0.1, 0.15) is 31.7 Å². The molecule has 1 N–H and O–H groups in total. The van der Waals surface area contributed by atoms with E-state index in [4.69, 9.17) is 11.6 Å². The van der Waals surface area contributed by atoms with Gasteiger partial charge in [-0.25, -0.2) is 4.39 Å². The Morgan fingerprint density at radius 3 is 2.68 bits per heavy atom. The van der Waals surface area contributed by atoms with E-state index >= 15 is 0 Å². The Morgan fingerprint density at radius 2 is 2.11 bits per heavy atom. The zero-order valence-electron chi connectivity index (χ0n) is 11.1. The van der Waals surface area contributed by atoms with Crippen molar-refractivity contribution in [2.24, 2.45) is 5.41 Å². The summed E-state index contributed by atoms with van der Waals surface area (Å²) in [5.41, 5.74) is 0.472. The largest absolute Gasteiger partial charge is 0.317 e. The normalized spacial score (nSPS) is 18.3. The van der Waals surface area contributed by atoms with Crippen molar-refractivity contribution in [3.8, 4) is 0 Å². The lowest BCUT2D eigenvalue weighted by atomic mass is 9.72. The molecule has 0 aromatic heterocycles. The van der Waals surface area contributed by atoms with Gasteiger partial charge in [-0.1, -0.05) is 24.6 Å². The molecule has 1 aromatic rings. The number of Topliss-reactive ketones (excluding diaryl/α,β-unsaturated/α-hetero) is 1. The Balaban J connectivity index is 2.12. The molecule has 0 radical (unpaired) electrons. The van der Waals surface area contributed by atoms with E-state index in [0.717, 1.165) is 32.4 Å². The molecular weight excluding hydrogens is 265 g/mol. The minimum absolute atomic E-state index is 0.100. The first kappa shape index (κ1) is 14.5. The molecule has 0 amide bonds. The highest BCUT2D eigenvalue weighted by molar-refractivity contribution is 6.30. The highest BCUT2D eigenvalue weighted by atomic mass is 35.5. The maximum absolute atomic E-state index is 13.4. The molecule has 0 bridgehead atoms. The van der Waals surface area contributed by atoms with Crippen LogP contribution in [0.25, 0.3) is 0 Å². The van der Waals surface area contributed by atoms with E-state index in [1.54, 1.807) is 6.07 Å². The average Bonchev–Trinajstić information content (AvgIpc) is 2.43. The lowest BCUT2D eigenvalue weighted by Gasteiger charge is -2.35. The van der Waals surface area contributed by atoms with Crippen molar-refractivity contribution < 1.29 is 9.18 Å². The van der Waals surface area contributed by atoms with Gasteiger partial charge < -0.3 is 5.32 Å². The van der Waals surface area contributed by atoms with Crippen LogP contribution in [0.5, 0.6) is 0 Å². The molecule has 4 heteroatoms. The summed E-state index contributed by atoms with van der Waals surface area (Å²) in [6.45, 7) is 3.83. The number of hydrogen-bond donors (Lipinski definition) is 1. The predicted molar refractivity (Wildman–Crippen MR) is 74.9 cm³/mol. The van der Waals surface area contributed by atoms with Crippen molar-refractivity contribution in [1.82, 2.24) is 5.32 Å². The van der Waals surface area contributed by atoms with Crippen LogP contribution < -0.4 is 5.32 Å². The van der Waals surface area contributed by atoms with E-state index in [2.05, 4.69) is 12.2 Å². The summed E-state index contributed by atoms with van der Waals surface area (Å²) in [6, 6.07) is 4.61. The maximum atomic E-state index is 13.4. The van der Waals surface area contributed by atoms with Crippen LogP contribution in [0.2, 0.25) is 5.02 Å². The minimum Gasteiger partial charge on any atom is -0.317 e. The van der Waals surface area contributed by atoms with Crippen LogP contribution in [0, 0.1) is 11.2 Å². The molecule has 1 heterocycles. The Morgan fingerprint density at radius 1 is 1.42 bits per heavy atom. The van der Waals surface area contributed by atoms with Crippen molar-refractivity contribution in [2.45, 2.75) is 32.6 Å². The second-order valence-electron chi connectivity index (χ2n) is 5.23. The fourth-order valence-corrected chi connectivity index (χ4v) is 2.87. The first-order valence-corrected chi connectivity index (χ1v) is 7.13. The zero-order valence-corrected chi connectivity index (χ0v) is 11.9. The number of ketones is 1.